The zero-order chi connectivity index (χ0) is 18.5. The van der Waals surface area contributed by atoms with Crippen molar-refractivity contribution in [2.24, 2.45) is 5.16 Å². The Morgan fingerprint density at radius 2 is 1.92 bits per heavy atom. The van der Waals surface area contributed by atoms with E-state index >= 15 is 0 Å². The van der Waals surface area contributed by atoms with Crippen LogP contribution in [0, 0.1) is 0 Å². The van der Waals surface area contributed by atoms with Crippen molar-refractivity contribution < 1.29 is 23.9 Å². The van der Waals surface area contributed by atoms with Gasteiger partial charge in [0.25, 0.3) is 0 Å². The van der Waals surface area contributed by atoms with E-state index in [0.29, 0.717) is 0 Å². The van der Waals surface area contributed by atoms with Crippen molar-refractivity contribution in [3.8, 4) is 0 Å². The molecule has 8 nitrogen and oxygen atoms in total. The maximum absolute atomic E-state index is 12.2. The van der Waals surface area contributed by atoms with E-state index in [-0.39, 0.29) is 23.1 Å². The van der Waals surface area contributed by atoms with Gasteiger partial charge in [-0.1, -0.05) is 5.16 Å². The van der Waals surface area contributed by atoms with Crippen LogP contribution in [0.1, 0.15) is 47.2 Å². The molecule has 0 saturated carbocycles. The lowest BCUT2D eigenvalue weighted by molar-refractivity contribution is -0.179. The van der Waals surface area contributed by atoms with Crippen molar-refractivity contribution in [1.82, 2.24) is 4.98 Å². The van der Waals surface area contributed by atoms with Crippen LogP contribution >= 0.6 is 11.3 Å². The molecule has 0 aliphatic heterocycles. The normalized spacial score (nSPS) is 12.7. The summed E-state index contributed by atoms with van der Waals surface area (Å²) in [6.45, 7) is 10.0. The van der Waals surface area contributed by atoms with Gasteiger partial charge in [0.15, 0.2) is 5.13 Å². The third-order valence-electron chi connectivity index (χ3n) is 2.49. The fourth-order valence-corrected chi connectivity index (χ4v) is 1.93. The van der Waals surface area contributed by atoms with Crippen LogP contribution in [0.2, 0.25) is 0 Å². The average Bonchev–Trinajstić information content (AvgIpc) is 2.83. The standard InChI is InChI=1S/C15H23N3O5S/c1-7-21-11(19)10(9-8-24-13(16)17-9)18-23-15(5,6)12(20)22-14(2,3)4/h8H,7H2,1-6H3,(H2,16,17)/b18-10-. The van der Waals surface area contributed by atoms with Gasteiger partial charge in [0.05, 0.1) is 6.61 Å². The Hall–Kier alpha value is -2.16. The van der Waals surface area contributed by atoms with Gasteiger partial charge < -0.3 is 20.0 Å². The zero-order valence-electron chi connectivity index (χ0n) is 14.7. The van der Waals surface area contributed by atoms with Gasteiger partial charge in [-0.2, -0.15) is 0 Å². The third kappa shape index (κ3) is 5.80. The Kier molecular flexibility index (Phi) is 6.30. The summed E-state index contributed by atoms with van der Waals surface area (Å²) in [5, 5.41) is 5.60. The summed E-state index contributed by atoms with van der Waals surface area (Å²) >= 11 is 1.15. The highest BCUT2D eigenvalue weighted by Gasteiger charge is 2.36. The second-order valence-corrected chi connectivity index (χ2v) is 7.22. The first-order valence-corrected chi connectivity index (χ1v) is 8.22. The fourth-order valence-electron chi connectivity index (χ4n) is 1.38. The van der Waals surface area contributed by atoms with Gasteiger partial charge in [0, 0.05) is 5.38 Å². The Labute approximate surface area is 145 Å². The molecule has 1 heterocycles. The predicted octanol–water partition coefficient (Wildman–Crippen LogP) is 2.13. The number of oxime groups is 1. The molecule has 24 heavy (non-hydrogen) atoms. The monoisotopic (exact) mass is 357 g/mol. The number of rotatable bonds is 6. The van der Waals surface area contributed by atoms with E-state index in [1.54, 1.807) is 33.1 Å². The molecule has 0 aromatic carbocycles. The maximum atomic E-state index is 12.2. The highest BCUT2D eigenvalue weighted by Crippen LogP contribution is 2.19. The number of hydrogen-bond donors (Lipinski definition) is 1. The molecule has 0 aliphatic carbocycles. The Morgan fingerprint density at radius 3 is 2.38 bits per heavy atom. The predicted molar refractivity (Wildman–Crippen MR) is 90.7 cm³/mol. The molecule has 0 amide bonds. The summed E-state index contributed by atoms with van der Waals surface area (Å²) < 4.78 is 10.2. The van der Waals surface area contributed by atoms with E-state index in [0.717, 1.165) is 11.3 Å². The molecule has 134 valence electrons. The largest absolute Gasteiger partial charge is 0.461 e. The van der Waals surface area contributed by atoms with E-state index in [1.807, 2.05) is 0 Å². The maximum Gasteiger partial charge on any atom is 0.362 e. The van der Waals surface area contributed by atoms with Gasteiger partial charge in [0.1, 0.15) is 11.3 Å². The van der Waals surface area contributed by atoms with E-state index in [9.17, 15) is 9.59 Å². The summed E-state index contributed by atoms with van der Waals surface area (Å²) in [6, 6.07) is 0. The van der Waals surface area contributed by atoms with Crippen molar-refractivity contribution in [3.05, 3.63) is 11.1 Å². The number of esters is 2. The first kappa shape index (κ1) is 19.9. The number of anilines is 1. The number of ether oxygens (including phenoxy) is 2. The van der Waals surface area contributed by atoms with Crippen molar-refractivity contribution >= 4 is 34.1 Å². The topological polar surface area (TPSA) is 113 Å². The summed E-state index contributed by atoms with van der Waals surface area (Å²) in [4.78, 5) is 33.5. The molecule has 0 fully saturated rings. The van der Waals surface area contributed by atoms with E-state index in [2.05, 4.69) is 10.1 Å². The zero-order valence-corrected chi connectivity index (χ0v) is 15.5. The van der Waals surface area contributed by atoms with Gasteiger partial charge >= 0.3 is 11.9 Å². The molecule has 0 spiro atoms. The molecule has 1 aromatic rings. The van der Waals surface area contributed by atoms with Crippen LogP contribution in [0.3, 0.4) is 0 Å². The van der Waals surface area contributed by atoms with Crippen molar-refractivity contribution in [1.29, 1.82) is 0 Å². The molecular weight excluding hydrogens is 334 g/mol. The average molecular weight is 357 g/mol. The first-order valence-electron chi connectivity index (χ1n) is 7.34. The third-order valence-corrected chi connectivity index (χ3v) is 3.16. The highest BCUT2D eigenvalue weighted by molar-refractivity contribution is 7.13. The molecule has 0 bridgehead atoms. The summed E-state index contributed by atoms with van der Waals surface area (Å²) in [5.41, 5.74) is 3.56. The Balaban J connectivity index is 3.02. The molecule has 9 heteroatoms. The fraction of sp³-hybridized carbons (Fsp3) is 0.600. The van der Waals surface area contributed by atoms with Crippen LogP contribution in [0.5, 0.6) is 0 Å². The number of aromatic nitrogens is 1. The van der Waals surface area contributed by atoms with Crippen LogP contribution in [-0.2, 0) is 23.9 Å². The van der Waals surface area contributed by atoms with Gasteiger partial charge in [-0.25, -0.2) is 14.6 Å². The molecule has 0 aliphatic rings. The van der Waals surface area contributed by atoms with Gasteiger partial charge in [-0.15, -0.1) is 11.3 Å². The van der Waals surface area contributed by atoms with E-state index in [1.165, 1.54) is 13.8 Å². The Morgan fingerprint density at radius 1 is 1.29 bits per heavy atom. The molecule has 0 saturated heterocycles. The molecule has 0 unspecified atom stereocenters. The summed E-state index contributed by atoms with van der Waals surface area (Å²) in [6.07, 6.45) is 0. The smallest absolute Gasteiger partial charge is 0.362 e. The minimum absolute atomic E-state index is 0.160. The van der Waals surface area contributed by atoms with Gasteiger partial charge in [-0.3, -0.25) is 0 Å². The van der Waals surface area contributed by atoms with Crippen LogP contribution < -0.4 is 5.73 Å². The molecule has 0 radical (unpaired) electrons. The van der Waals surface area contributed by atoms with E-state index < -0.39 is 23.1 Å². The number of carbonyl (C=O) groups is 2. The lowest BCUT2D eigenvalue weighted by atomic mass is 10.1. The summed E-state index contributed by atoms with van der Waals surface area (Å²) in [7, 11) is 0. The lowest BCUT2D eigenvalue weighted by Crippen LogP contribution is -2.40. The van der Waals surface area contributed by atoms with Crippen molar-refractivity contribution in [3.63, 3.8) is 0 Å². The molecule has 1 rings (SSSR count). The number of nitrogens with zero attached hydrogens (tertiary/aromatic N) is 2. The van der Waals surface area contributed by atoms with Crippen LogP contribution in [0.15, 0.2) is 10.5 Å². The summed E-state index contributed by atoms with van der Waals surface area (Å²) in [5.74, 6) is -1.33. The SMILES string of the molecule is CCOC(=O)/C(=N\OC(C)(C)C(=O)OC(C)(C)C)c1csc(N)n1. The molecule has 1 aromatic heterocycles. The number of nitrogens with two attached hydrogens (primary N) is 1. The number of carbonyl (C=O) groups excluding carboxylic acids is 2. The van der Waals surface area contributed by atoms with Gasteiger partial charge in [0.2, 0.25) is 11.3 Å². The number of thiazole rings is 1. The second kappa shape index (κ2) is 7.61. The minimum Gasteiger partial charge on any atom is -0.461 e. The number of hydrogen-bond acceptors (Lipinski definition) is 9. The van der Waals surface area contributed by atoms with Crippen LogP contribution in [0.25, 0.3) is 0 Å². The lowest BCUT2D eigenvalue weighted by Gasteiger charge is -2.26. The second-order valence-electron chi connectivity index (χ2n) is 6.33. The first-order chi connectivity index (χ1) is 11.0. The minimum atomic E-state index is -1.40. The van der Waals surface area contributed by atoms with Crippen LogP contribution in [-0.4, -0.2) is 40.4 Å². The van der Waals surface area contributed by atoms with Crippen LogP contribution in [0.4, 0.5) is 5.13 Å². The number of nitrogen functional groups attached to an aromatic ring is 1. The van der Waals surface area contributed by atoms with Gasteiger partial charge in [-0.05, 0) is 41.5 Å². The molecule has 0 atom stereocenters. The highest BCUT2D eigenvalue weighted by atomic mass is 32.1. The molecule has 2 N–H and O–H groups in total. The van der Waals surface area contributed by atoms with Crippen molar-refractivity contribution in [2.45, 2.75) is 52.7 Å². The van der Waals surface area contributed by atoms with Crippen molar-refractivity contribution in [2.75, 3.05) is 12.3 Å². The Bertz CT molecular complexity index is 631. The quantitative estimate of drug-likeness (QED) is 0.471. The van der Waals surface area contributed by atoms with E-state index in [4.69, 9.17) is 20.0 Å². The molecular formula is C15H23N3O5S.